The van der Waals surface area contributed by atoms with Gasteiger partial charge in [-0.2, -0.15) is 0 Å². The van der Waals surface area contributed by atoms with E-state index in [2.05, 4.69) is 27.7 Å². The van der Waals surface area contributed by atoms with E-state index in [1.54, 1.807) is 0 Å². The smallest absolute Gasteiger partial charge is 0.0576 e. The van der Waals surface area contributed by atoms with Crippen LogP contribution < -0.4 is 0 Å². The van der Waals surface area contributed by atoms with Crippen molar-refractivity contribution in [3.8, 4) is 0 Å². The molecule has 0 amide bonds. The summed E-state index contributed by atoms with van der Waals surface area (Å²) in [7, 11) is 0. The van der Waals surface area contributed by atoms with Gasteiger partial charge in [0.05, 0.1) is 12.2 Å². The van der Waals surface area contributed by atoms with E-state index in [1.165, 1.54) is 25.7 Å². The minimum atomic E-state index is 0.451. The molecule has 1 aliphatic heterocycles. The van der Waals surface area contributed by atoms with Gasteiger partial charge in [-0.3, -0.25) is 0 Å². The van der Waals surface area contributed by atoms with Gasteiger partial charge < -0.3 is 4.74 Å². The average Bonchev–Trinajstić information content (AvgIpc) is 2.07. The van der Waals surface area contributed by atoms with Gasteiger partial charge in [0.1, 0.15) is 0 Å². The van der Waals surface area contributed by atoms with Crippen LogP contribution in [-0.4, -0.2) is 12.2 Å². The van der Waals surface area contributed by atoms with Crippen LogP contribution in [0.5, 0.6) is 0 Å². The van der Waals surface area contributed by atoms with Crippen LogP contribution >= 0.6 is 0 Å². The van der Waals surface area contributed by atoms with Crippen molar-refractivity contribution in [3.63, 3.8) is 0 Å². The Hall–Kier alpha value is -0.0400. The van der Waals surface area contributed by atoms with Crippen LogP contribution in [0, 0.1) is 5.41 Å². The molecule has 1 saturated heterocycles. The van der Waals surface area contributed by atoms with Crippen molar-refractivity contribution in [1.82, 2.24) is 0 Å². The van der Waals surface area contributed by atoms with Crippen molar-refractivity contribution in [2.45, 2.75) is 65.6 Å². The van der Waals surface area contributed by atoms with Gasteiger partial charge in [-0.05, 0) is 38.0 Å². The Labute approximate surface area is 76.5 Å². The summed E-state index contributed by atoms with van der Waals surface area (Å²) < 4.78 is 5.90. The molecule has 0 aromatic heterocycles. The molecule has 1 rings (SSSR count). The SMILES string of the molecule is CCC1CCC(C)(C)CC(C)O1. The van der Waals surface area contributed by atoms with Gasteiger partial charge in [0.2, 0.25) is 0 Å². The molecular weight excluding hydrogens is 148 g/mol. The number of ether oxygens (including phenoxy) is 1. The summed E-state index contributed by atoms with van der Waals surface area (Å²) in [6, 6.07) is 0. The van der Waals surface area contributed by atoms with Gasteiger partial charge in [0.25, 0.3) is 0 Å². The first-order chi connectivity index (χ1) is 5.53. The molecule has 2 atom stereocenters. The van der Waals surface area contributed by atoms with E-state index in [9.17, 15) is 0 Å². The minimum Gasteiger partial charge on any atom is -0.375 e. The van der Waals surface area contributed by atoms with E-state index in [0.717, 1.165) is 0 Å². The van der Waals surface area contributed by atoms with Gasteiger partial charge in [0, 0.05) is 0 Å². The Morgan fingerprint density at radius 3 is 2.67 bits per heavy atom. The Kier molecular flexibility index (Phi) is 3.16. The van der Waals surface area contributed by atoms with Gasteiger partial charge in [-0.25, -0.2) is 0 Å². The van der Waals surface area contributed by atoms with E-state index < -0.39 is 0 Å². The highest BCUT2D eigenvalue weighted by atomic mass is 16.5. The fraction of sp³-hybridized carbons (Fsp3) is 1.00. The molecule has 1 fully saturated rings. The molecule has 0 spiro atoms. The zero-order chi connectivity index (χ0) is 9.19. The molecule has 1 aliphatic rings. The van der Waals surface area contributed by atoms with Crippen LogP contribution in [0.3, 0.4) is 0 Å². The van der Waals surface area contributed by atoms with E-state index in [1.807, 2.05) is 0 Å². The Morgan fingerprint density at radius 2 is 2.08 bits per heavy atom. The summed E-state index contributed by atoms with van der Waals surface area (Å²) in [5, 5.41) is 0. The van der Waals surface area contributed by atoms with Crippen molar-refractivity contribution in [3.05, 3.63) is 0 Å². The zero-order valence-corrected chi connectivity index (χ0v) is 8.89. The van der Waals surface area contributed by atoms with Crippen LogP contribution in [0.2, 0.25) is 0 Å². The fourth-order valence-electron chi connectivity index (χ4n) is 2.18. The zero-order valence-electron chi connectivity index (χ0n) is 8.89. The molecule has 12 heavy (non-hydrogen) atoms. The minimum absolute atomic E-state index is 0.451. The molecule has 0 aromatic rings. The maximum Gasteiger partial charge on any atom is 0.0576 e. The van der Waals surface area contributed by atoms with E-state index >= 15 is 0 Å². The topological polar surface area (TPSA) is 9.23 Å². The second-order valence-corrected chi connectivity index (χ2v) is 4.88. The molecule has 1 heterocycles. The van der Waals surface area contributed by atoms with Crippen molar-refractivity contribution in [2.75, 3.05) is 0 Å². The second-order valence-electron chi connectivity index (χ2n) is 4.88. The van der Waals surface area contributed by atoms with Gasteiger partial charge in [-0.1, -0.05) is 20.8 Å². The molecule has 0 saturated carbocycles. The highest BCUT2D eigenvalue weighted by Crippen LogP contribution is 2.34. The summed E-state index contributed by atoms with van der Waals surface area (Å²) in [5.74, 6) is 0. The highest BCUT2D eigenvalue weighted by molar-refractivity contribution is 4.78. The Morgan fingerprint density at radius 1 is 1.42 bits per heavy atom. The van der Waals surface area contributed by atoms with Gasteiger partial charge >= 0.3 is 0 Å². The van der Waals surface area contributed by atoms with Crippen LogP contribution in [0.25, 0.3) is 0 Å². The number of rotatable bonds is 1. The molecule has 72 valence electrons. The maximum atomic E-state index is 5.90. The number of hydrogen-bond donors (Lipinski definition) is 0. The lowest BCUT2D eigenvalue weighted by Crippen LogP contribution is -2.18. The molecule has 2 unspecified atom stereocenters. The first kappa shape index (κ1) is 10.0. The molecule has 1 nitrogen and oxygen atoms in total. The Balaban J connectivity index is 2.53. The largest absolute Gasteiger partial charge is 0.375 e. The lowest BCUT2D eigenvalue weighted by Gasteiger charge is -2.23. The predicted molar refractivity (Wildman–Crippen MR) is 52.3 cm³/mol. The van der Waals surface area contributed by atoms with Gasteiger partial charge in [-0.15, -0.1) is 0 Å². The van der Waals surface area contributed by atoms with Crippen molar-refractivity contribution >= 4 is 0 Å². The van der Waals surface area contributed by atoms with Crippen LogP contribution in [0.15, 0.2) is 0 Å². The van der Waals surface area contributed by atoms with Crippen LogP contribution in [-0.2, 0) is 4.74 Å². The summed E-state index contributed by atoms with van der Waals surface area (Å²) in [4.78, 5) is 0. The van der Waals surface area contributed by atoms with E-state index in [4.69, 9.17) is 4.74 Å². The van der Waals surface area contributed by atoms with E-state index in [0.29, 0.717) is 17.6 Å². The molecule has 0 N–H and O–H groups in total. The van der Waals surface area contributed by atoms with Crippen molar-refractivity contribution in [2.24, 2.45) is 5.41 Å². The quantitative estimate of drug-likeness (QED) is 0.586. The third-order valence-corrected chi connectivity index (χ3v) is 2.86. The summed E-state index contributed by atoms with van der Waals surface area (Å²) in [6.45, 7) is 9.13. The average molecular weight is 170 g/mol. The van der Waals surface area contributed by atoms with Gasteiger partial charge in [0.15, 0.2) is 0 Å². The summed E-state index contributed by atoms with van der Waals surface area (Å²) in [5.41, 5.74) is 0.489. The first-order valence-corrected chi connectivity index (χ1v) is 5.19. The predicted octanol–water partition coefficient (Wildman–Crippen LogP) is 3.38. The molecule has 0 aromatic carbocycles. The van der Waals surface area contributed by atoms with Crippen LogP contribution in [0.1, 0.15) is 53.4 Å². The summed E-state index contributed by atoms with van der Waals surface area (Å²) in [6.07, 6.45) is 5.90. The standard InChI is InChI=1S/C11H22O/c1-5-10-6-7-11(3,4)8-9(2)12-10/h9-10H,5-8H2,1-4H3. The number of hydrogen-bond acceptors (Lipinski definition) is 1. The Bertz CT molecular complexity index is 140. The maximum absolute atomic E-state index is 5.90. The second kappa shape index (κ2) is 3.78. The lowest BCUT2D eigenvalue weighted by atomic mass is 9.83. The monoisotopic (exact) mass is 170 g/mol. The highest BCUT2D eigenvalue weighted by Gasteiger charge is 2.27. The third kappa shape index (κ3) is 2.78. The third-order valence-electron chi connectivity index (χ3n) is 2.86. The molecule has 0 aliphatic carbocycles. The fourth-order valence-corrected chi connectivity index (χ4v) is 2.18. The lowest BCUT2D eigenvalue weighted by molar-refractivity contribution is -0.00400. The molecule has 1 heteroatoms. The summed E-state index contributed by atoms with van der Waals surface area (Å²) >= 11 is 0. The van der Waals surface area contributed by atoms with Crippen LogP contribution in [0.4, 0.5) is 0 Å². The van der Waals surface area contributed by atoms with Crippen molar-refractivity contribution in [1.29, 1.82) is 0 Å². The molecular formula is C11H22O. The molecule has 0 radical (unpaired) electrons. The molecule has 0 bridgehead atoms. The normalized spacial score (nSPS) is 36.0. The van der Waals surface area contributed by atoms with Crippen molar-refractivity contribution < 1.29 is 4.74 Å². The van der Waals surface area contributed by atoms with E-state index in [-0.39, 0.29) is 0 Å². The first-order valence-electron chi connectivity index (χ1n) is 5.19.